The van der Waals surface area contributed by atoms with Crippen molar-refractivity contribution >= 4 is 11.9 Å². The fourth-order valence-electron chi connectivity index (χ4n) is 3.06. The standard InChI is InChI=1S/C19H27NO4/c1-12-7-5-6-8-16(12)20-18(21)14(3)24-19(22)15-10-9-13(2)17(11-15)23-4/h9-12,14,16H,5-8H2,1-4H3,(H,20,21)/t12-,14+,16+/m0/s1. The average molecular weight is 333 g/mol. The third-order valence-electron chi connectivity index (χ3n) is 4.74. The van der Waals surface area contributed by atoms with Gasteiger partial charge in [-0.2, -0.15) is 0 Å². The molecule has 1 amide bonds. The molecule has 0 aliphatic heterocycles. The molecular formula is C19H27NO4. The van der Waals surface area contributed by atoms with Crippen LogP contribution in [0.5, 0.6) is 5.75 Å². The number of hydrogen-bond acceptors (Lipinski definition) is 4. The van der Waals surface area contributed by atoms with Gasteiger partial charge in [-0.1, -0.05) is 25.8 Å². The van der Waals surface area contributed by atoms with Gasteiger partial charge in [0.05, 0.1) is 12.7 Å². The van der Waals surface area contributed by atoms with Gasteiger partial charge in [0, 0.05) is 6.04 Å². The van der Waals surface area contributed by atoms with Crippen molar-refractivity contribution in [2.24, 2.45) is 5.92 Å². The normalized spacial score (nSPS) is 21.7. The van der Waals surface area contributed by atoms with Gasteiger partial charge in [-0.3, -0.25) is 4.79 Å². The number of methoxy groups -OCH3 is 1. The summed E-state index contributed by atoms with van der Waals surface area (Å²) < 4.78 is 10.5. The van der Waals surface area contributed by atoms with Gasteiger partial charge in [-0.25, -0.2) is 4.79 Å². The molecule has 24 heavy (non-hydrogen) atoms. The van der Waals surface area contributed by atoms with Gasteiger partial charge in [0.2, 0.25) is 0 Å². The zero-order valence-corrected chi connectivity index (χ0v) is 14.9. The number of aryl methyl sites for hydroxylation is 1. The van der Waals surface area contributed by atoms with Crippen molar-refractivity contribution in [3.05, 3.63) is 29.3 Å². The first kappa shape index (κ1) is 18.3. The first-order chi connectivity index (χ1) is 11.4. The van der Waals surface area contributed by atoms with E-state index in [4.69, 9.17) is 9.47 Å². The second kappa shape index (κ2) is 8.18. The van der Waals surface area contributed by atoms with E-state index in [0.29, 0.717) is 17.2 Å². The van der Waals surface area contributed by atoms with E-state index in [9.17, 15) is 9.59 Å². The summed E-state index contributed by atoms with van der Waals surface area (Å²) in [4.78, 5) is 24.5. The van der Waals surface area contributed by atoms with E-state index in [2.05, 4.69) is 12.2 Å². The number of carbonyl (C=O) groups excluding carboxylic acids is 2. The van der Waals surface area contributed by atoms with Crippen LogP contribution in [0.1, 0.15) is 55.5 Å². The molecule has 3 atom stereocenters. The Bertz CT molecular complexity index is 599. The highest BCUT2D eigenvalue weighted by atomic mass is 16.5. The van der Waals surface area contributed by atoms with Gasteiger partial charge in [-0.05, 0) is 50.3 Å². The number of hydrogen-bond donors (Lipinski definition) is 1. The lowest BCUT2D eigenvalue weighted by atomic mass is 9.86. The molecule has 1 fully saturated rings. The van der Waals surface area contributed by atoms with Crippen molar-refractivity contribution in [1.29, 1.82) is 0 Å². The van der Waals surface area contributed by atoms with Crippen LogP contribution in [-0.4, -0.2) is 31.1 Å². The molecule has 132 valence electrons. The van der Waals surface area contributed by atoms with Crippen LogP contribution in [0.2, 0.25) is 0 Å². The fraction of sp³-hybridized carbons (Fsp3) is 0.579. The SMILES string of the molecule is COc1cc(C(=O)O[C@H](C)C(=O)N[C@@H]2CCCC[C@@H]2C)ccc1C. The zero-order valence-electron chi connectivity index (χ0n) is 14.9. The van der Waals surface area contributed by atoms with E-state index in [0.717, 1.165) is 24.8 Å². The molecule has 0 radical (unpaired) electrons. The van der Waals surface area contributed by atoms with Crippen LogP contribution in [0.25, 0.3) is 0 Å². The number of carbonyl (C=O) groups is 2. The first-order valence-electron chi connectivity index (χ1n) is 8.58. The van der Waals surface area contributed by atoms with Crippen LogP contribution < -0.4 is 10.1 Å². The monoisotopic (exact) mass is 333 g/mol. The van der Waals surface area contributed by atoms with Gasteiger partial charge in [-0.15, -0.1) is 0 Å². The summed E-state index contributed by atoms with van der Waals surface area (Å²) >= 11 is 0. The van der Waals surface area contributed by atoms with Gasteiger partial charge >= 0.3 is 5.97 Å². The summed E-state index contributed by atoms with van der Waals surface area (Å²) in [5.74, 6) is 0.332. The Morgan fingerprint density at radius 3 is 2.62 bits per heavy atom. The van der Waals surface area contributed by atoms with Crippen LogP contribution in [-0.2, 0) is 9.53 Å². The van der Waals surface area contributed by atoms with Crippen LogP contribution >= 0.6 is 0 Å². The van der Waals surface area contributed by atoms with Crippen molar-refractivity contribution < 1.29 is 19.1 Å². The Kier molecular flexibility index (Phi) is 6.23. The molecule has 1 saturated carbocycles. The highest BCUT2D eigenvalue weighted by Crippen LogP contribution is 2.24. The lowest BCUT2D eigenvalue weighted by Crippen LogP contribution is -2.45. The predicted molar refractivity (Wildman–Crippen MR) is 92.2 cm³/mol. The Hall–Kier alpha value is -2.04. The van der Waals surface area contributed by atoms with Crippen LogP contribution in [0.4, 0.5) is 0 Å². The second-order valence-electron chi connectivity index (χ2n) is 6.61. The second-order valence-corrected chi connectivity index (χ2v) is 6.61. The van der Waals surface area contributed by atoms with E-state index in [-0.39, 0.29) is 11.9 Å². The summed E-state index contributed by atoms with van der Waals surface area (Å²) in [5, 5.41) is 3.02. The smallest absolute Gasteiger partial charge is 0.339 e. The maximum atomic E-state index is 12.3. The molecule has 1 aliphatic rings. The third kappa shape index (κ3) is 4.49. The molecule has 5 heteroatoms. The maximum absolute atomic E-state index is 12.3. The molecule has 1 aromatic carbocycles. The van der Waals surface area contributed by atoms with Crippen molar-refractivity contribution in [2.75, 3.05) is 7.11 Å². The third-order valence-corrected chi connectivity index (χ3v) is 4.74. The molecule has 0 spiro atoms. The maximum Gasteiger partial charge on any atom is 0.339 e. The van der Waals surface area contributed by atoms with Crippen LogP contribution in [0.3, 0.4) is 0 Å². The number of amides is 1. The molecule has 1 aromatic rings. The van der Waals surface area contributed by atoms with E-state index >= 15 is 0 Å². The van der Waals surface area contributed by atoms with E-state index < -0.39 is 12.1 Å². The Morgan fingerprint density at radius 2 is 1.96 bits per heavy atom. The van der Waals surface area contributed by atoms with E-state index in [1.807, 2.05) is 6.92 Å². The minimum atomic E-state index is -0.820. The molecule has 2 rings (SSSR count). The van der Waals surface area contributed by atoms with Crippen LogP contribution in [0, 0.1) is 12.8 Å². The van der Waals surface area contributed by atoms with Crippen LogP contribution in [0.15, 0.2) is 18.2 Å². The Labute approximate surface area is 143 Å². The summed E-state index contributed by atoms with van der Waals surface area (Å²) in [6, 6.07) is 5.27. The predicted octanol–water partition coefficient (Wildman–Crippen LogP) is 3.24. The Morgan fingerprint density at radius 1 is 1.25 bits per heavy atom. The first-order valence-corrected chi connectivity index (χ1v) is 8.58. The molecule has 0 saturated heterocycles. The largest absolute Gasteiger partial charge is 0.496 e. The molecular weight excluding hydrogens is 306 g/mol. The van der Waals surface area contributed by atoms with E-state index in [1.165, 1.54) is 6.42 Å². The summed E-state index contributed by atoms with van der Waals surface area (Å²) in [7, 11) is 1.55. The zero-order chi connectivity index (χ0) is 17.7. The number of ether oxygens (including phenoxy) is 2. The van der Waals surface area contributed by atoms with Crippen molar-refractivity contribution in [1.82, 2.24) is 5.32 Å². The lowest BCUT2D eigenvalue weighted by molar-refractivity contribution is -0.130. The lowest BCUT2D eigenvalue weighted by Gasteiger charge is -2.30. The molecule has 0 bridgehead atoms. The molecule has 5 nitrogen and oxygen atoms in total. The van der Waals surface area contributed by atoms with Gasteiger partial charge in [0.15, 0.2) is 6.10 Å². The fourth-order valence-corrected chi connectivity index (χ4v) is 3.06. The molecule has 1 N–H and O–H groups in total. The molecule has 0 unspecified atom stereocenters. The summed E-state index contributed by atoms with van der Waals surface area (Å²) in [6.45, 7) is 5.65. The quantitative estimate of drug-likeness (QED) is 0.840. The molecule has 1 aliphatic carbocycles. The summed E-state index contributed by atoms with van der Waals surface area (Å²) in [6.07, 6.45) is 3.64. The Balaban J connectivity index is 1.94. The van der Waals surface area contributed by atoms with Crippen molar-refractivity contribution in [3.8, 4) is 5.75 Å². The number of benzene rings is 1. The number of esters is 1. The summed E-state index contributed by atoms with van der Waals surface area (Å²) in [5.41, 5.74) is 1.31. The average Bonchev–Trinajstić information content (AvgIpc) is 2.57. The molecule has 0 aromatic heterocycles. The minimum Gasteiger partial charge on any atom is -0.496 e. The molecule has 0 heterocycles. The highest BCUT2D eigenvalue weighted by Gasteiger charge is 2.26. The van der Waals surface area contributed by atoms with Gasteiger partial charge in [0.25, 0.3) is 5.91 Å². The topological polar surface area (TPSA) is 64.6 Å². The number of rotatable bonds is 5. The van der Waals surface area contributed by atoms with Crippen molar-refractivity contribution in [3.63, 3.8) is 0 Å². The van der Waals surface area contributed by atoms with Crippen molar-refractivity contribution in [2.45, 2.75) is 58.6 Å². The van der Waals surface area contributed by atoms with E-state index in [1.54, 1.807) is 32.2 Å². The number of nitrogens with one attached hydrogen (secondary N) is 1. The minimum absolute atomic E-state index is 0.173. The van der Waals surface area contributed by atoms with Gasteiger partial charge < -0.3 is 14.8 Å². The van der Waals surface area contributed by atoms with Gasteiger partial charge in [0.1, 0.15) is 5.75 Å². The highest BCUT2D eigenvalue weighted by molar-refractivity contribution is 5.92.